The Hall–Kier alpha value is -3.82. The number of hydrogen-bond acceptors (Lipinski definition) is 9. The van der Waals surface area contributed by atoms with Gasteiger partial charge in [-0.3, -0.25) is 19.3 Å². The molecule has 43 heavy (non-hydrogen) atoms. The van der Waals surface area contributed by atoms with Crippen LogP contribution in [0.25, 0.3) is 0 Å². The molecule has 230 valence electrons. The molecular weight excluding hydrogens is 577 g/mol. The first kappa shape index (κ1) is 32.1. The molecule has 2 aromatic rings. The first-order valence-corrected chi connectivity index (χ1v) is 15.1. The maximum absolute atomic E-state index is 14.5. The number of halogens is 1. The molecule has 2 atom stereocenters. The zero-order chi connectivity index (χ0) is 31.5. The summed E-state index contributed by atoms with van der Waals surface area (Å²) in [5, 5.41) is 9.34. The number of Topliss-reactive ketones (excluding diaryl/α,β-unsaturated/α-hetero) is 1. The van der Waals surface area contributed by atoms with Crippen LogP contribution >= 0.6 is 11.3 Å². The van der Waals surface area contributed by atoms with E-state index in [-0.39, 0.29) is 47.5 Å². The fourth-order valence-corrected chi connectivity index (χ4v) is 6.97. The molecule has 1 aromatic carbocycles. The van der Waals surface area contributed by atoms with E-state index in [0.717, 1.165) is 24.2 Å². The third-order valence-electron chi connectivity index (χ3n) is 7.94. The Morgan fingerprint density at radius 2 is 1.93 bits per heavy atom. The van der Waals surface area contributed by atoms with E-state index in [1.54, 1.807) is 32.6 Å². The molecule has 4 rings (SSSR count). The second-order valence-electron chi connectivity index (χ2n) is 11.1. The molecule has 2 amide bonds. The second kappa shape index (κ2) is 13.2. The van der Waals surface area contributed by atoms with E-state index in [4.69, 9.17) is 19.5 Å². The standard InChI is InChI=1S/C31H36FN3O7S/c1-6-41-29(38)26-18(2)23-25(36)24(31(3,4)30(39)34-13-7-8-14-34)27(37)35(28(23)43-26)17-22(42-15-9-12-33)20-16-19(32)10-11-21(20)40-5/h10-11,16,22,24H,6-9,13-15,17H2,1-5H3/t22-,24?/m0/s1. The first-order valence-electron chi connectivity index (χ1n) is 14.2. The van der Waals surface area contributed by atoms with Crippen molar-refractivity contribution in [1.82, 2.24) is 4.90 Å². The van der Waals surface area contributed by atoms with Crippen molar-refractivity contribution < 1.29 is 37.8 Å². The molecule has 0 aliphatic carbocycles. The normalized spacial score (nSPS) is 17.5. The van der Waals surface area contributed by atoms with E-state index >= 15 is 0 Å². The highest BCUT2D eigenvalue weighted by Gasteiger charge is 2.54. The Kier molecular flexibility index (Phi) is 9.87. The number of nitriles is 1. The Balaban J connectivity index is 1.86. The molecule has 0 radical (unpaired) electrons. The van der Waals surface area contributed by atoms with Gasteiger partial charge in [0, 0.05) is 18.7 Å². The molecule has 1 aromatic heterocycles. The number of rotatable bonds is 11. The van der Waals surface area contributed by atoms with E-state index in [1.165, 1.54) is 30.2 Å². The lowest BCUT2D eigenvalue weighted by atomic mass is 9.71. The summed E-state index contributed by atoms with van der Waals surface area (Å²) < 4.78 is 31.2. The highest BCUT2D eigenvalue weighted by Crippen LogP contribution is 2.47. The van der Waals surface area contributed by atoms with Crippen molar-refractivity contribution in [3.8, 4) is 11.8 Å². The molecule has 3 heterocycles. The molecule has 0 spiro atoms. The summed E-state index contributed by atoms with van der Waals surface area (Å²) >= 11 is 0.952. The largest absolute Gasteiger partial charge is 0.496 e. The Morgan fingerprint density at radius 1 is 1.23 bits per heavy atom. The van der Waals surface area contributed by atoms with Crippen LogP contribution in [0, 0.1) is 35.4 Å². The number of esters is 1. The average Bonchev–Trinajstić information content (AvgIpc) is 3.62. The molecule has 2 aliphatic rings. The Morgan fingerprint density at radius 3 is 2.56 bits per heavy atom. The highest BCUT2D eigenvalue weighted by atomic mass is 32.1. The topological polar surface area (TPSA) is 126 Å². The zero-order valence-electron chi connectivity index (χ0n) is 25.0. The molecule has 2 aliphatic heterocycles. The van der Waals surface area contributed by atoms with Crippen LogP contribution in [0.4, 0.5) is 9.39 Å². The van der Waals surface area contributed by atoms with Crippen molar-refractivity contribution in [3.05, 3.63) is 45.6 Å². The van der Waals surface area contributed by atoms with Crippen LogP contribution in [-0.2, 0) is 19.1 Å². The summed E-state index contributed by atoms with van der Waals surface area (Å²) in [6.07, 6.45) is 0.746. The van der Waals surface area contributed by atoms with Gasteiger partial charge >= 0.3 is 5.97 Å². The number of fused-ring (bicyclic) bond motifs is 1. The Bertz CT molecular complexity index is 1460. The minimum atomic E-state index is -1.40. The van der Waals surface area contributed by atoms with Crippen LogP contribution in [0.1, 0.15) is 77.3 Å². The predicted octanol–water partition coefficient (Wildman–Crippen LogP) is 4.85. The summed E-state index contributed by atoms with van der Waals surface area (Å²) in [6.45, 7) is 7.48. The third kappa shape index (κ3) is 6.15. The maximum atomic E-state index is 14.5. The molecule has 0 bridgehead atoms. The van der Waals surface area contributed by atoms with Gasteiger partial charge in [-0.05, 0) is 64.3 Å². The molecule has 1 saturated heterocycles. The quantitative estimate of drug-likeness (QED) is 0.200. The van der Waals surface area contributed by atoms with Gasteiger partial charge in [-0.2, -0.15) is 5.26 Å². The number of likely N-dealkylation sites (tertiary alicyclic amines) is 1. The second-order valence-corrected chi connectivity index (χ2v) is 12.1. The average molecular weight is 614 g/mol. The SMILES string of the molecule is CCOC(=O)c1sc2c(c1C)C(=O)C(C(C)(C)C(=O)N1CCCC1)C(=O)N2C[C@H](OCCC#N)c1cc(F)ccc1OC. The number of thiophene rings is 1. The third-order valence-corrected chi connectivity index (χ3v) is 9.24. The lowest BCUT2D eigenvalue weighted by molar-refractivity contribution is -0.145. The number of benzene rings is 1. The molecule has 1 fully saturated rings. The van der Waals surface area contributed by atoms with Crippen LogP contribution in [0.5, 0.6) is 5.75 Å². The summed E-state index contributed by atoms with van der Waals surface area (Å²) in [7, 11) is 1.42. The van der Waals surface area contributed by atoms with Crippen molar-refractivity contribution in [3.63, 3.8) is 0 Å². The number of hydrogen-bond donors (Lipinski definition) is 0. The smallest absolute Gasteiger partial charge is 0.348 e. The van der Waals surface area contributed by atoms with Crippen LogP contribution in [0.15, 0.2) is 18.2 Å². The molecule has 12 heteroatoms. The van der Waals surface area contributed by atoms with Crippen molar-refractivity contribution in [2.45, 2.75) is 53.1 Å². The van der Waals surface area contributed by atoms with Gasteiger partial charge in [0.05, 0.1) is 50.3 Å². The van der Waals surface area contributed by atoms with Gasteiger partial charge in [-0.15, -0.1) is 11.3 Å². The maximum Gasteiger partial charge on any atom is 0.348 e. The lowest BCUT2D eigenvalue weighted by Gasteiger charge is -2.40. The van der Waals surface area contributed by atoms with Gasteiger partial charge in [-0.1, -0.05) is 0 Å². The van der Waals surface area contributed by atoms with Gasteiger partial charge in [0.25, 0.3) is 0 Å². The van der Waals surface area contributed by atoms with Gasteiger partial charge in [0.15, 0.2) is 5.78 Å². The van der Waals surface area contributed by atoms with Gasteiger partial charge in [0.2, 0.25) is 11.8 Å². The molecule has 0 saturated carbocycles. The highest BCUT2D eigenvalue weighted by molar-refractivity contribution is 7.19. The van der Waals surface area contributed by atoms with Gasteiger partial charge in [-0.25, -0.2) is 9.18 Å². The van der Waals surface area contributed by atoms with E-state index in [9.17, 15) is 23.6 Å². The fraction of sp³-hybridized carbons (Fsp3) is 0.516. The predicted molar refractivity (Wildman–Crippen MR) is 157 cm³/mol. The fourth-order valence-electron chi connectivity index (χ4n) is 5.75. The van der Waals surface area contributed by atoms with E-state index < -0.39 is 40.9 Å². The monoisotopic (exact) mass is 613 g/mol. The van der Waals surface area contributed by atoms with Crippen molar-refractivity contribution in [2.24, 2.45) is 11.3 Å². The summed E-state index contributed by atoms with van der Waals surface area (Å²) in [4.78, 5) is 58.4. The summed E-state index contributed by atoms with van der Waals surface area (Å²) in [5.41, 5.74) is -0.571. The number of methoxy groups -OCH3 is 1. The number of ketones is 1. The van der Waals surface area contributed by atoms with Crippen LogP contribution < -0.4 is 9.64 Å². The molecule has 10 nitrogen and oxygen atoms in total. The lowest BCUT2D eigenvalue weighted by Crippen LogP contribution is -2.55. The number of carbonyl (C=O) groups excluding carboxylic acids is 4. The van der Waals surface area contributed by atoms with Crippen molar-refractivity contribution >= 4 is 39.9 Å². The van der Waals surface area contributed by atoms with Gasteiger partial charge < -0.3 is 19.1 Å². The van der Waals surface area contributed by atoms with E-state index in [2.05, 4.69) is 0 Å². The number of carbonyl (C=O) groups is 4. The zero-order valence-corrected chi connectivity index (χ0v) is 25.8. The van der Waals surface area contributed by atoms with E-state index in [0.29, 0.717) is 30.0 Å². The van der Waals surface area contributed by atoms with Gasteiger partial charge in [0.1, 0.15) is 33.5 Å². The Labute approximate surface area is 254 Å². The van der Waals surface area contributed by atoms with Crippen LogP contribution in [0.2, 0.25) is 0 Å². The first-order chi connectivity index (χ1) is 20.5. The minimum Gasteiger partial charge on any atom is -0.496 e. The van der Waals surface area contributed by atoms with E-state index in [1.807, 2.05) is 6.07 Å². The van der Waals surface area contributed by atoms with Crippen LogP contribution in [0.3, 0.4) is 0 Å². The molecular formula is C31H36FN3O7S. The molecule has 1 unspecified atom stereocenters. The van der Waals surface area contributed by atoms with Crippen molar-refractivity contribution in [1.29, 1.82) is 5.26 Å². The number of amides is 2. The number of nitrogens with zero attached hydrogens (tertiary/aromatic N) is 3. The number of anilines is 1. The van der Waals surface area contributed by atoms with Crippen LogP contribution in [-0.4, -0.2) is 68.4 Å². The summed E-state index contributed by atoms with van der Waals surface area (Å²) in [5.74, 6) is -3.73. The minimum absolute atomic E-state index is 0.0193. The van der Waals surface area contributed by atoms with Crippen molar-refractivity contribution in [2.75, 3.05) is 44.9 Å². The number of ether oxygens (including phenoxy) is 3. The summed E-state index contributed by atoms with van der Waals surface area (Å²) in [6, 6.07) is 5.91. The molecule has 0 N–H and O–H groups in total.